The largest absolute Gasteiger partial charge is 0.479 e. The normalized spacial score (nSPS) is 13.5. The van der Waals surface area contributed by atoms with Crippen molar-refractivity contribution in [3.05, 3.63) is 59.7 Å². The Hall–Kier alpha value is -3.22. The molecule has 0 aliphatic rings. The van der Waals surface area contributed by atoms with Gasteiger partial charge in [-0.25, -0.2) is 9.59 Å². The molecule has 0 saturated carbocycles. The minimum absolute atomic E-state index is 0.0550. The molecule has 2 aromatic rings. The number of amides is 1. The first-order valence-electron chi connectivity index (χ1n) is 11.0. The molecule has 2 unspecified atom stereocenters. The van der Waals surface area contributed by atoms with Crippen molar-refractivity contribution in [1.82, 2.24) is 0 Å². The van der Waals surface area contributed by atoms with Crippen LogP contribution in [0.5, 0.6) is 0 Å². The number of benzene rings is 2. The molecule has 0 heterocycles. The Morgan fingerprint density at radius 2 is 1.69 bits per heavy atom. The summed E-state index contributed by atoms with van der Waals surface area (Å²) in [6, 6.07) is 14.5. The zero-order chi connectivity index (χ0) is 25.7. The van der Waals surface area contributed by atoms with Crippen molar-refractivity contribution in [1.29, 1.82) is 0 Å². The van der Waals surface area contributed by atoms with Crippen molar-refractivity contribution in [3.63, 3.8) is 0 Å². The Labute approximate surface area is 203 Å². The predicted molar refractivity (Wildman–Crippen MR) is 127 cm³/mol. The second-order valence-electron chi connectivity index (χ2n) is 7.89. The Morgan fingerprint density at radius 1 is 1.03 bits per heavy atom. The summed E-state index contributed by atoms with van der Waals surface area (Å²) in [5.74, 6) is -1.34. The molecule has 1 amide bonds. The maximum absolute atomic E-state index is 11.9. The van der Waals surface area contributed by atoms with Crippen LogP contribution in [-0.4, -0.2) is 71.1 Å². The molecule has 35 heavy (non-hydrogen) atoms. The van der Waals surface area contributed by atoms with Gasteiger partial charge in [0.05, 0.1) is 13.2 Å². The van der Waals surface area contributed by atoms with Crippen molar-refractivity contribution >= 4 is 23.4 Å². The van der Waals surface area contributed by atoms with Gasteiger partial charge in [0.1, 0.15) is 6.79 Å². The zero-order valence-electron chi connectivity index (χ0n) is 19.5. The molecule has 11 heteroatoms. The molecule has 0 saturated heterocycles. The number of rotatable bonds is 15. The van der Waals surface area contributed by atoms with E-state index in [1.807, 2.05) is 24.3 Å². The summed E-state index contributed by atoms with van der Waals surface area (Å²) in [6.45, 7) is 0.199. The molecule has 0 aliphatic heterocycles. The van der Waals surface area contributed by atoms with Gasteiger partial charge in [-0.2, -0.15) is 0 Å². The molecule has 0 aliphatic carbocycles. The van der Waals surface area contributed by atoms with Crippen molar-refractivity contribution in [2.75, 3.05) is 37.2 Å². The second kappa shape index (κ2) is 14.2. The highest BCUT2D eigenvalue weighted by molar-refractivity contribution is 5.84. The number of carboxylic acid groups (broad SMARTS) is 1. The average molecular weight is 493 g/mol. The monoisotopic (exact) mass is 492 g/mol. The fourth-order valence-electron chi connectivity index (χ4n) is 3.03. The smallest absolute Gasteiger partial charge is 0.411 e. The minimum atomic E-state index is -1.82. The number of carbonyl (C=O) groups excluding carboxylic acids is 1. The van der Waals surface area contributed by atoms with E-state index in [9.17, 15) is 19.8 Å². The molecule has 192 valence electrons. The Kier molecular flexibility index (Phi) is 11.4. The lowest BCUT2D eigenvalue weighted by Crippen LogP contribution is -2.45. The van der Waals surface area contributed by atoms with E-state index in [-0.39, 0.29) is 13.2 Å². The van der Waals surface area contributed by atoms with Gasteiger partial charge >= 0.3 is 12.1 Å². The quantitative estimate of drug-likeness (QED) is 0.160. The van der Waals surface area contributed by atoms with E-state index in [4.69, 9.17) is 24.4 Å². The number of nitrogens with one attached hydrogen (secondary N) is 2. The number of hydrogen-bond acceptors (Lipinski definition) is 9. The highest BCUT2D eigenvalue weighted by Crippen LogP contribution is 2.19. The highest BCUT2D eigenvalue weighted by Gasteiger charge is 2.35. The number of hydrogen-bond donors (Lipinski definition) is 6. The van der Waals surface area contributed by atoms with Crippen LogP contribution in [0.2, 0.25) is 0 Å². The second-order valence-corrected chi connectivity index (χ2v) is 7.89. The number of carboxylic acids is 1. The Morgan fingerprint density at radius 3 is 2.31 bits per heavy atom. The van der Waals surface area contributed by atoms with Gasteiger partial charge in [0, 0.05) is 18.0 Å². The van der Waals surface area contributed by atoms with Crippen LogP contribution in [0.25, 0.3) is 0 Å². The number of aliphatic hydroxyl groups excluding tert-OH is 3. The minimum Gasteiger partial charge on any atom is -0.479 e. The number of unbranched alkanes of at least 4 members (excludes halogenated alkanes) is 1. The fraction of sp³-hybridized carbons (Fsp3) is 0.417. The standard InChI is InChI=1S/C24H32N2O9/c1-24(21(29)30,35-16-28)15-34-23(32)26-20-9-5-7-18(14-20)12-17-6-4-8-19(13-17)25-22(31)33-11-3-2-10-27/h4-9,13-14,23,26-28,32H,2-3,10-12,15-16H2,1H3,(H,25,31)(H,29,30). The van der Waals surface area contributed by atoms with E-state index >= 15 is 0 Å². The third-order valence-corrected chi connectivity index (χ3v) is 4.94. The average Bonchev–Trinajstić information content (AvgIpc) is 2.81. The van der Waals surface area contributed by atoms with Crippen LogP contribution in [0.1, 0.15) is 30.9 Å². The van der Waals surface area contributed by atoms with Crippen LogP contribution in [0.3, 0.4) is 0 Å². The van der Waals surface area contributed by atoms with Crippen molar-refractivity contribution < 1.29 is 44.2 Å². The van der Waals surface area contributed by atoms with E-state index in [2.05, 4.69) is 10.6 Å². The van der Waals surface area contributed by atoms with Gasteiger partial charge in [0.15, 0.2) is 5.60 Å². The number of ether oxygens (including phenoxy) is 3. The maximum atomic E-state index is 11.9. The molecule has 0 radical (unpaired) electrons. The third kappa shape index (κ3) is 9.89. The lowest BCUT2D eigenvalue weighted by atomic mass is 10.0. The number of carbonyl (C=O) groups is 2. The van der Waals surface area contributed by atoms with Crippen LogP contribution in [0.4, 0.5) is 16.2 Å². The van der Waals surface area contributed by atoms with Gasteiger partial charge in [-0.1, -0.05) is 24.3 Å². The molecule has 0 fully saturated rings. The van der Waals surface area contributed by atoms with Crippen LogP contribution < -0.4 is 10.6 Å². The van der Waals surface area contributed by atoms with E-state index in [1.54, 1.807) is 24.3 Å². The molecule has 6 N–H and O–H groups in total. The van der Waals surface area contributed by atoms with Gasteiger partial charge in [-0.15, -0.1) is 0 Å². The summed E-state index contributed by atoms with van der Waals surface area (Å²) >= 11 is 0. The molecule has 0 bridgehead atoms. The molecule has 11 nitrogen and oxygen atoms in total. The number of anilines is 2. The molecule has 0 aromatic heterocycles. The topological polar surface area (TPSA) is 167 Å². The summed E-state index contributed by atoms with van der Waals surface area (Å²) in [7, 11) is 0. The molecular formula is C24H32N2O9. The number of aliphatic carboxylic acids is 1. The Bertz CT molecular complexity index is 956. The Balaban J connectivity index is 1.92. The van der Waals surface area contributed by atoms with E-state index in [1.165, 1.54) is 6.92 Å². The van der Waals surface area contributed by atoms with Crippen LogP contribution in [-0.2, 0) is 25.4 Å². The first-order chi connectivity index (χ1) is 16.8. The zero-order valence-corrected chi connectivity index (χ0v) is 19.5. The summed E-state index contributed by atoms with van der Waals surface area (Å²) in [5.41, 5.74) is 1.14. The molecule has 2 aromatic carbocycles. The van der Waals surface area contributed by atoms with Gasteiger partial charge in [-0.3, -0.25) is 5.32 Å². The molecule has 2 rings (SSSR count). The molecule has 0 spiro atoms. The van der Waals surface area contributed by atoms with Crippen LogP contribution >= 0.6 is 0 Å². The lowest BCUT2D eigenvalue weighted by Gasteiger charge is -2.25. The van der Waals surface area contributed by atoms with E-state index in [0.717, 1.165) is 11.1 Å². The third-order valence-electron chi connectivity index (χ3n) is 4.94. The van der Waals surface area contributed by atoms with E-state index < -0.39 is 37.5 Å². The van der Waals surface area contributed by atoms with Gasteiger partial charge < -0.3 is 40.0 Å². The molecule has 2 atom stereocenters. The summed E-state index contributed by atoms with van der Waals surface area (Å²) < 4.78 is 15.0. The summed E-state index contributed by atoms with van der Waals surface area (Å²) in [5, 5.41) is 42.3. The van der Waals surface area contributed by atoms with Gasteiger partial charge in [0.2, 0.25) is 6.41 Å². The maximum Gasteiger partial charge on any atom is 0.411 e. The first-order valence-corrected chi connectivity index (χ1v) is 11.0. The lowest BCUT2D eigenvalue weighted by molar-refractivity contribution is -0.198. The van der Waals surface area contributed by atoms with Crippen molar-refractivity contribution in [2.45, 2.75) is 38.2 Å². The number of aliphatic hydroxyl groups is 3. The van der Waals surface area contributed by atoms with Crippen molar-refractivity contribution in [2.24, 2.45) is 0 Å². The van der Waals surface area contributed by atoms with Crippen molar-refractivity contribution in [3.8, 4) is 0 Å². The predicted octanol–water partition coefficient (Wildman–Crippen LogP) is 2.11. The SMILES string of the molecule is CC(COC(O)Nc1cccc(Cc2cccc(NC(=O)OCCCCO)c2)c1)(OCO)C(=O)O. The fourth-order valence-corrected chi connectivity index (χ4v) is 3.03. The summed E-state index contributed by atoms with van der Waals surface area (Å²) in [6.07, 6.45) is -0.385. The van der Waals surface area contributed by atoms with Crippen LogP contribution in [0, 0.1) is 0 Å². The van der Waals surface area contributed by atoms with Gasteiger partial charge in [-0.05, 0) is 61.6 Å². The first kappa shape index (κ1) is 28.0. The van der Waals surface area contributed by atoms with Gasteiger partial charge in [0.25, 0.3) is 0 Å². The molecular weight excluding hydrogens is 460 g/mol. The highest BCUT2D eigenvalue weighted by atomic mass is 16.7. The summed E-state index contributed by atoms with van der Waals surface area (Å²) in [4.78, 5) is 23.2. The van der Waals surface area contributed by atoms with E-state index in [0.29, 0.717) is 30.6 Å². The van der Waals surface area contributed by atoms with Crippen LogP contribution in [0.15, 0.2) is 48.5 Å².